The average molecular weight is 392 g/mol. The molecule has 0 atom stereocenters. The van der Waals surface area contributed by atoms with Gasteiger partial charge in [0.1, 0.15) is 11.2 Å². The van der Waals surface area contributed by atoms with E-state index in [9.17, 15) is 14.4 Å². The van der Waals surface area contributed by atoms with E-state index in [1.807, 2.05) is 13.8 Å². The average Bonchev–Trinajstić information content (AvgIpc) is 3.07. The summed E-state index contributed by atoms with van der Waals surface area (Å²) in [6, 6.07) is 8.56. The fraction of sp³-hybridized carbons (Fsp3) is 0.278. The van der Waals surface area contributed by atoms with Gasteiger partial charge in [-0.05, 0) is 29.5 Å². The summed E-state index contributed by atoms with van der Waals surface area (Å²) in [5.41, 5.74) is 0.156. The summed E-state index contributed by atoms with van der Waals surface area (Å²) < 4.78 is 3.00. The largest absolute Gasteiger partial charge is 0.332 e. The number of thiophene rings is 1. The molecule has 2 heterocycles. The highest BCUT2D eigenvalue weighted by atomic mass is 35.5. The van der Waals surface area contributed by atoms with E-state index in [0.717, 1.165) is 0 Å². The van der Waals surface area contributed by atoms with Gasteiger partial charge in [-0.3, -0.25) is 18.7 Å². The molecule has 136 valence electrons. The molecule has 0 radical (unpaired) electrons. The molecule has 0 saturated heterocycles. The zero-order valence-electron chi connectivity index (χ0n) is 14.4. The van der Waals surface area contributed by atoms with Crippen molar-refractivity contribution >= 4 is 44.7 Å². The fourth-order valence-corrected chi connectivity index (χ4v) is 3.73. The maximum atomic E-state index is 12.8. The van der Waals surface area contributed by atoms with Gasteiger partial charge >= 0.3 is 5.69 Å². The number of halogens is 1. The predicted octanol–water partition coefficient (Wildman–Crippen LogP) is 3.17. The molecular weight excluding hydrogens is 374 g/mol. The Morgan fingerprint density at radius 2 is 1.92 bits per heavy atom. The van der Waals surface area contributed by atoms with Crippen LogP contribution in [0.5, 0.6) is 0 Å². The first-order valence-corrected chi connectivity index (χ1v) is 9.39. The molecule has 0 bridgehead atoms. The minimum absolute atomic E-state index is 0.128. The molecule has 0 aliphatic carbocycles. The van der Waals surface area contributed by atoms with E-state index in [0.29, 0.717) is 27.5 Å². The van der Waals surface area contributed by atoms with Gasteiger partial charge in [0.2, 0.25) is 5.91 Å². The molecule has 2 aromatic heterocycles. The highest BCUT2D eigenvalue weighted by Crippen LogP contribution is 2.20. The van der Waals surface area contributed by atoms with Gasteiger partial charge in [0.25, 0.3) is 5.56 Å². The second-order valence-corrected chi connectivity index (χ2v) is 7.66. The van der Waals surface area contributed by atoms with Crippen LogP contribution < -0.4 is 16.6 Å². The van der Waals surface area contributed by atoms with Crippen LogP contribution in [0.3, 0.4) is 0 Å². The first-order valence-electron chi connectivity index (χ1n) is 8.13. The Hall–Kier alpha value is -2.38. The number of nitrogens with zero attached hydrogens (tertiary/aromatic N) is 2. The van der Waals surface area contributed by atoms with Gasteiger partial charge < -0.3 is 5.32 Å². The van der Waals surface area contributed by atoms with E-state index in [1.54, 1.807) is 35.7 Å². The van der Waals surface area contributed by atoms with Crippen LogP contribution >= 0.6 is 22.9 Å². The van der Waals surface area contributed by atoms with E-state index < -0.39 is 5.69 Å². The molecule has 3 aromatic rings. The number of rotatable bonds is 5. The van der Waals surface area contributed by atoms with Crippen LogP contribution in [0, 0.1) is 5.92 Å². The first-order chi connectivity index (χ1) is 12.4. The normalized spacial score (nSPS) is 11.2. The molecule has 0 fully saturated rings. The van der Waals surface area contributed by atoms with Crippen LogP contribution in [0.2, 0.25) is 5.02 Å². The second kappa shape index (κ2) is 7.47. The maximum absolute atomic E-state index is 12.8. The molecule has 0 unspecified atom stereocenters. The highest BCUT2D eigenvalue weighted by Gasteiger charge is 2.17. The zero-order valence-corrected chi connectivity index (χ0v) is 15.9. The van der Waals surface area contributed by atoms with Gasteiger partial charge in [-0.2, -0.15) is 0 Å². The Kier molecular flexibility index (Phi) is 5.29. The van der Waals surface area contributed by atoms with Gasteiger partial charge in [0.15, 0.2) is 0 Å². The van der Waals surface area contributed by atoms with Gasteiger partial charge in [-0.25, -0.2) is 4.79 Å². The van der Waals surface area contributed by atoms with Crippen molar-refractivity contribution in [1.29, 1.82) is 0 Å². The zero-order chi connectivity index (χ0) is 18.8. The number of aromatic nitrogens is 2. The number of nitrogens with one attached hydrogen (secondary N) is 1. The van der Waals surface area contributed by atoms with Crippen molar-refractivity contribution in [2.24, 2.45) is 5.92 Å². The lowest BCUT2D eigenvalue weighted by molar-refractivity contribution is -0.116. The number of carbonyl (C=O) groups is 1. The number of hydrogen-bond acceptors (Lipinski definition) is 4. The molecule has 1 amide bonds. The quantitative estimate of drug-likeness (QED) is 0.726. The predicted molar refractivity (Wildman–Crippen MR) is 105 cm³/mol. The monoisotopic (exact) mass is 391 g/mol. The van der Waals surface area contributed by atoms with Crippen LogP contribution in [0.15, 0.2) is 45.3 Å². The standard InChI is InChI=1S/C18H18ClN3O3S/c1-11(2)9-22-17(24)16-14(7-8-26-16)21(18(22)25)10-15(23)20-13-6-4-3-5-12(13)19/h3-8,11H,9-10H2,1-2H3,(H,20,23). The summed E-state index contributed by atoms with van der Waals surface area (Å²) >= 11 is 7.32. The van der Waals surface area contributed by atoms with E-state index in [1.165, 1.54) is 20.5 Å². The Balaban J connectivity index is 2.00. The minimum Gasteiger partial charge on any atom is -0.323 e. The third kappa shape index (κ3) is 3.59. The molecular formula is C18H18ClN3O3S. The SMILES string of the molecule is CC(C)Cn1c(=O)c2sccc2n(CC(=O)Nc2ccccc2Cl)c1=O. The number of para-hydroxylation sites is 1. The summed E-state index contributed by atoms with van der Waals surface area (Å²) in [5.74, 6) is -0.259. The highest BCUT2D eigenvalue weighted by molar-refractivity contribution is 7.17. The maximum Gasteiger partial charge on any atom is 0.332 e. The molecule has 1 N–H and O–H groups in total. The number of benzene rings is 1. The fourth-order valence-electron chi connectivity index (χ4n) is 2.71. The van der Waals surface area contributed by atoms with Crippen molar-refractivity contribution in [2.75, 3.05) is 5.32 Å². The topological polar surface area (TPSA) is 73.1 Å². The molecule has 8 heteroatoms. The van der Waals surface area contributed by atoms with Crippen molar-refractivity contribution in [2.45, 2.75) is 26.9 Å². The molecule has 6 nitrogen and oxygen atoms in total. The Bertz CT molecular complexity index is 1080. The van der Waals surface area contributed by atoms with E-state index in [4.69, 9.17) is 11.6 Å². The molecule has 0 aliphatic heterocycles. The minimum atomic E-state index is -0.482. The van der Waals surface area contributed by atoms with Gasteiger partial charge in [0.05, 0.1) is 16.2 Å². The van der Waals surface area contributed by atoms with Crippen molar-refractivity contribution in [3.63, 3.8) is 0 Å². The molecule has 0 aliphatic rings. The van der Waals surface area contributed by atoms with Crippen molar-refractivity contribution < 1.29 is 4.79 Å². The van der Waals surface area contributed by atoms with Crippen molar-refractivity contribution in [3.8, 4) is 0 Å². The lowest BCUT2D eigenvalue weighted by Crippen LogP contribution is -2.42. The molecule has 0 saturated carbocycles. The van der Waals surface area contributed by atoms with Crippen LogP contribution in [-0.4, -0.2) is 15.0 Å². The Labute approximate surface area is 158 Å². The number of amides is 1. The molecule has 26 heavy (non-hydrogen) atoms. The third-order valence-corrected chi connectivity index (χ3v) is 5.06. The molecule has 3 rings (SSSR count). The van der Waals surface area contributed by atoms with Crippen molar-refractivity contribution in [1.82, 2.24) is 9.13 Å². The summed E-state index contributed by atoms with van der Waals surface area (Å²) in [6.07, 6.45) is 0. The third-order valence-electron chi connectivity index (χ3n) is 3.83. The first kappa shape index (κ1) is 18.4. The van der Waals surface area contributed by atoms with Crippen LogP contribution in [0.1, 0.15) is 13.8 Å². The van der Waals surface area contributed by atoms with E-state index in [-0.39, 0.29) is 23.9 Å². The number of fused-ring (bicyclic) bond motifs is 1. The van der Waals surface area contributed by atoms with E-state index in [2.05, 4.69) is 5.32 Å². The van der Waals surface area contributed by atoms with Crippen LogP contribution in [0.4, 0.5) is 5.69 Å². The summed E-state index contributed by atoms with van der Waals surface area (Å²) in [5, 5.41) is 4.86. The smallest absolute Gasteiger partial charge is 0.323 e. The lowest BCUT2D eigenvalue weighted by atomic mass is 10.2. The number of carbonyl (C=O) groups excluding carboxylic acids is 1. The second-order valence-electron chi connectivity index (χ2n) is 6.34. The molecule has 1 aromatic carbocycles. The van der Waals surface area contributed by atoms with Crippen molar-refractivity contribution in [3.05, 3.63) is 61.6 Å². The molecule has 0 spiro atoms. The lowest BCUT2D eigenvalue weighted by Gasteiger charge is -2.14. The van der Waals surface area contributed by atoms with Crippen LogP contribution in [0.25, 0.3) is 10.2 Å². The number of anilines is 1. The van der Waals surface area contributed by atoms with Gasteiger partial charge in [0, 0.05) is 6.54 Å². The van der Waals surface area contributed by atoms with Gasteiger partial charge in [-0.1, -0.05) is 37.6 Å². The van der Waals surface area contributed by atoms with Crippen LogP contribution in [-0.2, 0) is 17.9 Å². The van der Waals surface area contributed by atoms with Gasteiger partial charge in [-0.15, -0.1) is 11.3 Å². The summed E-state index contributed by atoms with van der Waals surface area (Å²) in [4.78, 5) is 37.8. The summed E-state index contributed by atoms with van der Waals surface area (Å²) in [6.45, 7) is 3.96. The number of hydrogen-bond donors (Lipinski definition) is 1. The van der Waals surface area contributed by atoms with E-state index >= 15 is 0 Å². The summed E-state index contributed by atoms with van der Waals surface area (Å²) in [7, 11) is 0. The Morgan fingerprint density at radius 3 is 2.62 bits per heavy atom. The Morgan fingerprint density at radius 1 is 1.19 bits per heavy atom.